The average molecular weight is 483 g/mol. The van der Waals surface area contributed by atoms with Crippen LogP contribution in [0.2, 0.25) is 0 Å². The van der Waals surface area contributed by atoms with Crippen molar-refractivity contribution in [2.75, 3.05) is 11.2 Å². The third kappa shape index (κ3) is 4.47. The number of hydrogen-bond acceptors (Lipinski definition) is 5. The van der Waals surface area contributed by atoms with Gasteiger partial charge in [-0.1, -0.05) is 64.8 Å². The maximum Gasteiger partial charge on any atom is 0.326 e. The van der Waals surface area contributed by atoms with Gasteiger partial charge in [-0.05, 0) is 56.9 Å². The van der Waals surface area contributed by atoms with Crippen LogP contribution in [0.25, 0.3) is 17.0 Å². The van der Waals surface area contributed by atoms with Crippen LogP contribution in [0.4, 0.5) is 10.5 Å². The van der Waals surface area contributed by atoms with Gasteiger partial charge in [-0.15, -0.1) is 11.8 Å². The molecule has 0 bridgehead atoms. The number of nitrogens with zero attached hydrogens (tertiary/aromatic N) is 3. The van der Waals surface area contributed by atoms with Crippen LogP contribution in [0.3, 0.4) is 0 Å². The molecule has 0 fully saturated rings. The van der Waals surface area contributed by atoms with Crippen LogP contribution >= 0.6 is 11.8 Å². The first kappa shape index (κ1) is 22.9. The summed E-state index contributed by atoms with van der Waals surface area (Å²) in [5.74, 6) is 0.898. The van der Waals surface area contributed by atoms with Crippen LogP contribution in [0.1, 0.15) is 35.5 Å². The van der Waals surface area contributed by atoms with E-state index < -0.39 is 6.04 Å². The highest BCUT2D eigenvalue weighted by Crippen LogP contribution is 2.39. The lowest BCUT2D eigenvalue weighted by Gasteiger charge is -2.35. The Hall–Kier alpha value is -3.84. The van der Waals surface area contributed by atoms with E-state index in [1.807, 2.05) is 99.8 Å². The summed E-state index contributed by atoms with van der Waals surface area (Å²) in [4.78, 5) is 20.9. The van der Waals surface area contributed by atoms with Gasteiger partial charge in [-0.3, -0.25) is 4.90 Å². The number of carbonyl (C=O) groups excluding carboxylic acids is 1. The number of hydrogen-bond donors (Lipinski definition) is 1. The van der Waals surface area contributed by atoms with Gasteiger partial charge in [0.25, 0.3) is 5.89 Å². The standard InChI is InChI=1S/C28H26N4O2S/c1-17-11-13-20(14-12-17)25-24(27-30-26(31-34-27)21-8-5-7-18(2)15-21)19(3)32(28(33)29-25)22-9-6-10-23(16-22)35-4/h5-16,25H,1-4H3,(H,29,33). The molecule has 1 aliphatic rings. The number of aryl methyl sites for hydroxylation is 2. The molecule has 0 saturated carbocycles. The summed E-state index contributed by atoms with van der Waals surface area (Å²) in [7, 11) is 0. The Kier molecular flexibility index (Phi) is 6.17. The minimum Gasteiger partial charge on any atom is -0.334 e. The second-order valence-corrected chi connectivity index (χ2v) is 9.50. The number of amides is 2. The highest BCUT2D eigenvalue weighted by molar-refractivity contribution is 7.98. The molecule has 1 N–H and O–H groups in total. The zero-order chi connectivity index (χ0) is 24.5. The predicted molar refractivity (Wildman–Crippen MR) is 140 cm³/mol. The fraction of sp³-hybridized carbons (Fsp3) is 0.179. The molecule has 0 aliphatic carbocycles. The molecule has 2 heterocycles. The molecule has 0 saturated heterocycles. The second kappa shape index (κ2) is 9.43. The topological polar surface area (TPSA) is 71.3 Å². The van der Waals surface area contributed by atoms with Crippen molar-refractivity contribution in [3.63, 3.8) is 0 Å². The Labute approximate surface area is 209 Å². The van der Waals surface area contributed by atoms with E-state index in [9.17, 15) is 4.79 Å². The van der Waals surface area contributed by atoms with Crippen molar-refractivity contribution in [3.05, 3.63) is 101 Å². The first-order valence-electron chi connectivity index (χ1n) is 11.4. The van der Waals surface area contributed by atoms with Crippen LogP contribution in [0, 0.1) is 13.8 Å². The summed E-state index contributed by atoms with van der Waals surface area (Å²) in [6, 6.07) is 23.4. The zero-order valence-electron chi connectivity index (χ0n) is 20.1. The molecule has 1 aromatic heterocycles. The van der Waals surface area contributed by atoms with Crippen LogP contribution in [-0.4, -0.2) is 22.4 Å². The van der Waals surface area contributed by atoms with E-state index in [0.29, 0.717) is 11.7 Å². The van der Waals surface area contributed by atoms with Crippen LogP contribution in [0.15, 0.2) is 87.9 Å². The molecule has 35 heavy (non-hydrogen) atoms. The molecule has 1 atom stereocenters. The number of carbonyl (C=O) groups is 1. The van der Waals surface area contributed by atoms with E-state index in [1.165, 1.54) is 0 Å². The first-order chi connectivity index (χ1) is 16.9. The van der Waals surface area contributed by atoms with Gasteiger partial charge in [-0.2, -0.15) is 4.98 Å². The summed E-state index contributed by atoms with van der Waals surface area (Å²) < 4.78 is 5.81. The van der Waals surface area contributed by atoms with Gasteiger partial charge in [0.05, 0.1) is 17.3 Å². The number of benzene rings is 3. The molecule has 0 spiro atoms. The van der Waals surface area contributed by atoms with Gasteiger partial charge in [0, 0.05) is 16.2 Å². The average Bonchev–Trinajstić information content (AvgIpc) is 3.34. The molecule has 1 aliphatic heterocycles. The quantitative estimate of drug-likeness (QED) is 0.318. The first-order valence-corrected chi connectivity index (χ1v) is 12.6. The van der Waals surface area contributed by atoms with Crippen LogP contribution in [-0.2, 0) is 0 Å². The third-order valence-electron chi connectivity index (χ3n) is 6.14. The molecule has 176 valence electrons. The van der Waals surface area contributed by atoms with E-state index >= 15 is 0 Å². The van der Waals surface area contributed by atoms with Gasteiger partial charge in [0.1, 0.15) is 0 Å². The van der Waals surface area contributed by atoms with Gasteiger partial charge in [0.15, 0.2) is 0 Å². The van der Waals surface area contributed by atoms with Gasteiger partial charge >= 0.3 is 6.03 Å². The largest absolute Gasteiger partial charge is 0.334 e. The Bertz CT molecular complexity index is 1420. The number of thioether (sulfide) groups is 1. The van der Waals surface area contributed by atoms with E-state index in [1.54, 1.807) is 16.7 Å². The molecule has 6 nitrogen and oxygen atoms in total. The summed E-state index contributed by atoms with van der Waals surface area (Å²) in [5.41, 5.74) is 6.40. The zero-order valence-corrected chi connectivity index (χ0v) is 20.9. The smallest absolute Gasteiger partial charge is 0.326 e. The lowest BCUT2D eigenvalue weighted by molar-refractivity contribution is 0.244. The van der Waals surface area contributed by atoms with Gasteiger partial charge in [0.2, 0.25) is 5.82 Å². The number of allylic oxidation sites excluding steroid dienone is 1. The molecule has 3 aromatic carbocycles. The maximum absolute atomic E-state index is 13.4. The summed E-state index contributed by atoms with van der Waals surface area (Å²) >= 11 is 1.63. The van der Waals surface area contributed by atoms with E-state index in [2.05, 4.69) is 10.5 Å². The van der Waals surface area contributed by atoms with Crippen molar-refractivity contribution in [1.82, 2.24) is 15.5 Å². The van der Waals surface area contributed by atoms with Crippen molar-refractivity contribution in [2.24, 2.45) is 0 Å². The lowest BCUT2D eigenvalue weighted by atomic mass is 9.94. The van der Waals surface area contributed by atoms with E-state index in [0.717, 1.165) is 44.1 Å². The molecular weight excluding hydrogens is 456 g/mol. The Balaban J connectivity index is 1.66. The fourth-order valence-corrected chi connectivity index (χ4v) is 4.78. The van der Waals surface area contributed by atoms with Gasteiger partial charge in [-0.25, -0.2) is 4.79 Å². The highest BCUT2D eigenvalue weighted by Gasteiger charge is 2.36. The normalized spacial score (nSPS) is 15.9. The summed E-state index contributed by atoms with van der Waals surface area (Å²) in [6.45, 7) is 6.00. The number of urea groups is 1. The van der Waals surface area contributed by atoms with Crippen molar-refractivity contribution < 1.29 is 9.32 Å². The maximum atomic E-state index is 13.4. The fourth-order valence-electron chi connectivity index (χ4n) is 4.32. The van der Waals surface area contributed by atoms with Crippen molar-refractivity contribution in [2.45, 2.75) is 31.7 Å². The van der Waals surface area contributed by atoms with Crippen molar-refractivity contribution in [1.29, 1.82) is 0 Å². The van der Waals surface area contributed by atoms with Gasteiger partial charge < -0.3 is 9.84 Å². The molecule has 2 amide bonds. The molecule has 1 unspecified atom stereocenters. The van der Waals surface area contributed by atoms with E-state index in [-0.39, 0.29) is 6.03 Å². The van der Waals surface area contributed by atoms with Crippen molar-refractivity contribution in [3.8, 4) is 11.4 Å². The number of anilines is 1. The Morgan fingerprint density at radius 3 is 2.46 bits per heavy atom. The minimum atomic E-state index is -0.422. The summed E-state index contributed by atoms with van der Waals surface area (Å²) in [6.07, 6.45) is 2.02. The van der Waals surface area contributed by atoms with Crippen LogP contribution < -0.4 is 10.2 Å². The molecule has 4 aromatic rings. The monoisotopic (exact) mass is 482 g/mol. The number of aromatic nitrogens is 2. The minimum absolute atomic E-state index is 0.200. The second-order valence-electron chi connectivity index (χ2n) is 8.62. The molecule has 5 rings (SSSR count). The molecule has 0 radical (unpaired) electrons. The Morgan fingerprint density at radius 2 is 1.71 bits per heavy atom. The van der Waals surface area contributed by atoms with E-state index in [4.69, 9.17) is 9.51 Å². The SMILES string of the molecule is CSc1cccc(N2C(=O)NC(c3ccc(C)cc3)C(c3nc(-c4cccc(C)c4)no3)=C2C)c1. The molecule has 7 heteroatoms. The number of nitrogens with one attached hydrogen (secondary N) is 1. The third-order valence-corrected chi connectivity index (χ3v) is 6.87. The predicted octanol–water partition coefficient (Wildman–Crippen LogP) is 6.78. The Morgan fingerprint density at radius 1 is 0.943 bits per heavy atom. The van der Waals surface area contributed by atoms with Crippen LogP contribution in [0.5, 0.6) is 0 Å². The number of rotatable bonds is 5. The van der Waals surface area contributed by atoms with Crippen molar-refractivity contribution >= 4 is 29.1 Å². The summed E-state index contributed by atoms with van der Waals surface area (Å²) in [5, 5.41) is 7.44. The molecular formula is C28H26N4O2S. The lowest BCUT2D eigenvalue weighted by Crippen LogP contribution is -2.46. The highest BCUT2D eigenvalue weighted by atomic mass is 32.2.